The molecule has 3 N–H and O–H groups in total. The highest BCUT2D eigenvalue weighted by Gasteiger charge is 2.13. The van der Waals surface area contributed by atoms with Crippen LogP contribution in [0.5, 0.6) is 0 Å². The molecule has 2 aromatic rings. The smallest absolute Gasteiger partial charge is 0.257 e. The van der Waals surface area contributed by atoms with Gasteiger partial charge < -0.3 is 11.1 Å². The van der Waals surface area contributed by atoms with Crippen LogP contribution < -0.4 is 11.1 Å². The van der Waals surface area contributed by atoms with E-state index in [0.717, 1.165) is 0 Å². The first-order valence-electron chi connectivity index (χ1n) is 5.29. The first kappa shape index (κ1) is 13.6. The third-order valence-corrected chi connectivity index (χ3v) is 2.85. The molecule has 0 aliphatic carbocycles. The zero-order valence-electron chi connectivity index (χ0n) is 9.58. The molecule has 0 aliphatic heterocycles. The third-order valence-electron chi connectivity index (χ3n) is 2.42. The van der Waals surface area contributed by atoms with Crippen LogP contribution >= 0.6 is 23.2 Å². The van der Waals surface area contributed by atoms with Crippen molar-refractivity contribution >= 4 is 40.5 Å². The fourth-order valence-electron chi connectivity index (χ4n) is 1.56. The Bertz CT molecular complexity index is 626. The molecule has 1 amide bonds. The van der Waals surface area contributed by atoms with Crippen LogP contribution in [0.2, 0.25) is 10.0 Å². The van der Waals surface area contributed by atoms with Gasteiger partial charge in [-0.05, 0) is 30.3 Å². The van der Waals surface area contributed by atoms with Gasteiger partial charge in [-0.15, -0.1) is 0 Å². The van der Waals surface area contributed by atoms with Crippen molar-refractivity contribution in [3.05, 3.63) is 57.8 Å². The van der Waals surface area contributed by atoms with E-state index in [4.69, 9.17) is 28.9 Å². The molecule has 2 aromatic carbocycles. The van der Waals surface area contributed by atoms with Gasteiger partial charge in [-0.3, -0.25) is 4.79 Å². The van der Waals surface area contributed by atoms with Crippen molar-refractivity contribution < 1.29 is 9.18 Å². The summed E-state index contributed by atoms with van der Waals surface area (Å²) in [6.07, 6.45) is 0. The van der Waals surface area contributed by atoms with Crippen molar-refractivity contribution in [3.8, 4) is 0 Å². The standard InChI is InChI=1S/C13H9Cl2FN2O/c14-7-4-8(15)6-9(5-7)18-13(19)10-2-1-3-11(16)12(10)17/h1-6H,17H2,(H,18,19). The Morgan fingerprint density at radius 2 is 1.79 bits per heavy atom. The van der Waals surface area contributed by atoms with E-state index in [1.165, 1.54) is 36.4 Å². The number of halogens is 3. The summed E-state index contributed by atoms with van der Waals surface area (Å²) in [5, 5.41) is 3.32. The number of rotatable bonds is 2. The highest BCUT2D eigenvalue weighted by atomic mass is 35.5. The van der Waals surface area contributed by atoms with Crippen molar-refractivity contribution in [2.75, 3.05) is 11.1 Å². The third kappa shape index (κ3) is 3.16. The zero-order chi connectivity index (χ0) is 14.0. The largest absolute Gasteiger partial charge is 0.396 e. The van der Waals surface area contributed by atoms with Crippen molar-refractivity contribution in [3.63, 3.8) is 0 Å². The second kappa shape index (κ2) is 5.47. The molecule has 0 saturated heterocycles. The van der Waals surface area contributed by atoms with Gasteiger partial charge in [-0.2, -0.15) is 0 Å². The number of nitrogens with two attached hydrogens (primary N) is 1. The Balaban J connectivity index is 2.28. The molecule has 0 fully saturated rings. The maximum absolute atomic E-state index is 13.3. The number of hydrogen-bond acceptors (Lipinski definition) is 2. The van der Waals surface area contributed by atoms with Gasteiger partial charge in [0.2, 0.25) is 0 Å². The first-order chi connectivity index (χ1) is 8.97. The normalized spacial score (nSPS) is 10.3. The maximum atomic E-state index is 13.3. The fourth-order valence-corrected chi connectivity index (χ4v) is 2.09. The molecule has 0 bridgehead atoms. The molecule has 0 unspecified atom stereocenters. The number of carbonyl (C=O) groups is 1. The zero-order valence-corrected chi connectivity index (χ0v) is 11.1. The number of carbonyl (C=O) groups excluding carboxylic acids is 1. The predicted octanol–water partition coefficient (Wildman–Crippen LogP) is 3.97. The van der Waals surface area contributed by atoms with Gasteiger partial charge in [-0.1, -0.05) is 29.3 Å². The Morgan fingerprint density at radius 1 is 1.16 bits per heavy atom. The average Bonchev–Trinajstić information content (AvgIpc) is 2.31. The molecule has 6 heteroatoms. The van der Waals surface area contributed by atoms with E-state index in [2.05, 4.69) is 5.32 Å². The maximum Gasteiger partial charge on any atom is 0.257 e. The molecule has 0 aliphatic rings. The van der Waals surface area contributed by atoms with Gasteiger partial charge in [0.05, 0.1) is 11.3 Å². The van der Waals surface area contributed by atoms with Crippen molar-refractivity contribution in [1.29, 1.82) is 0 Å². The Morgan fingerprint density at radius 3 is 2.42 bits per heavy atom. The highest BCUT2D eigenvalue weighted by molar-refractivity contribution is 6.35. The lowest BCUT2D eigenvalue weighted by atomic mass is 10.1. The van der Waals surface area contributed by atoms with Gasteiger partial charge in [0, 0.05) is 15.7 Å². The summed E-state index contributed by atoms with van der Waals surface area (Å²) in [6.45, 7) is 0. The van der Waals surface area contributed by atoms with E-state index in [1.807, 2.05) is 0 Å². The van der Waals surface area contributed by atoms with E-state index < -0.39 is 11.7 Å². The fraction of sp³-hybridized carbons (Fsp3) is 0. The SMILES string of the molecule is Nc1c(F)cccc1C(=O)Nc1cc(Cl)cc(Cl)c1. The van der Waals surface area contributed by atoms with Crippen LogP contribution in [0.1, 0.15) is 10.4 Å². The minimum absolute atomic E-state index is 0.0519. The highest BCUT2D eigenvalue weighted by Crippen LogP contribution is 2.24. The van der Waals surface area contributed by atoms with Crippen molar-refractivity contribution in [1.82, 2.24) is 0 Å². The molecule has 0 saturated carbocycles. The topological polar surface area (TPSA) is 55.1 Å². The monoisotopic (exact) mass is 298 g/mol. The summed E-state index contributed by atoms with van der Waals surface area (Å²) in [5.41, 5.74) is 5.77. The summed E-state index contributed by atoms with van der Waals surface area (Å²) in [4.78, 5) is 12.0. The molecule has 19 heavy (non-hydrogen) atoms. The second-order valence-corrected chi connectivity index (χ2v) is 4.69. The van der Waals surface area contributed by atoms with Crippen LogP contribution in [0, 0.1) is 5.82 Å². The van der Waals surface area contributed by atoms with Gasteiger partial charge in [-0.25, -0.2) is 4.39 Å². The molecular weight excluding hydrogens is 290 g/mol. The first-order valence-corrected chi connectivity index (χ1v) is 6.04. The number of hydrogen-bond donors (Lipinski definition) is 2. The van der Waals surface area contributed by atoms with Crippen molar-refractivity contribution in [2.24, 2.45) is 0 Å². The Kier molecular flexibility index (Phi) is 3.93. The molecule has 3 nitrogen and oxygen atoms in total. The summed E-state index contributed by atoms with van der Waals surface area (Å²) >= 11 is 11.6. The molecule has 0 radical (unpaired) electrons. The van der Waals surface area contributed by atoms with Crippen molar-refractivity contribution in [2.45, 2.75) is 0 Å². The van der Waals surface area contributed by atoms with Gasteiger partial charge in [0.1, 0.15) is 5.82 Å². The molecule has 2 rings (SSSR count). The lowest BCUT2D eigenvalue weighted by molar-refractivity contribution is 0.102. The van der Waals surface area contributed by atoms with Crippen LogP contribution in [0.15, 0.2) is 36.4 Å². The lowest BCUT2D eigenvalue weighted by Gasteiger charge is -2.08. The van der Waals surface area contributed by atoms with Crippen LogP contribution in [0.25, 0.3) is 0 Å². The van der Waals surface area contributed by atoms with E-state index in [0.29, 0.717) is 15.7 Å². The number of anilines is 2. The number of benzene rings is 2. The number of nitrogen functional groups attached to an aromatic ring is 1. The Labute approximate surface area is 119 Å². The van der Waals surface area contributed by atoms with Crippen LogP contribution in [0.3, 0.4) is 0 Å². The molecule has 98 valence electrons. The summed E-state index contributed by atoms with van der Waals surface area (Å²) in [6, 6.07) is 8.62. The minimum Gasteiger partial charge on any atom is -0.396 e. The van der Waals surface area contributed by atoms with Gasteiger partial charge in [0.25, 0.3) is 5.91 Å². The number of amides is 1. The second-order valence-electron chi connectivity index (χ2n) is 3.81. The van der Waals surface area contributed by atoms with Gasteiger partial charge >= 0.3 is 0 Å². The number of para-hydroxylation sites is 1. The minimum atomic E-state index is -0.642. The summed E-state index contributed by atoms with van der Waals surface area (Å²) < 4.78 is 13.3. The van der Waals surface area contributed by atoms with E-state index in [-0.39, 0.29) is 11.3 Å². The van der Waals surface area contributed by atoms with Crippen LogP contribution in [-0.2, 0) is 0 Å². The molecule has 0 spiro atoms. The van der Waals surface area contributed by atoms with Crippen LogP contribution in [-0.4, -0.2) is 5.91 Å². The van der Waals surface area contributed by atoms with E-state index in [1.54, 1.807) is 0 Å². The molecule has 0 heterocycles. The van der Waals surface area contributed by atoms with E-state index in [9.17, 15) is 9.18 Å². The average molecular weight is 299 g/mol. The van der Waals surface area contributed by atoms with Crippen LogP contribution in [0.4, 0.5) is 15.8 Å². The molecule has 0 atom stereocenters. The predicted molar refractivity (Wildman–Crippen MR) is 75.2 cm³/mol. The lowest BCUT2D eigenvalue weighted by Crippen LogP contribution is -2.14. The quantitative estimate of drug-likeness (QED) is 0.824. The Hall–Kier alpha value is -1.78. The molecular formula is C13H9Cl2FN2O. The summed E-state index contributed by atoms with van der Waals surface area (Å²) in [5.74, 6) is -1.17. The van der Waals surface area contributed by atoms with Gasteiger partial charge in [0.15, 0.2) is 0 Å². The summed E-state index contributed by atoms with van der Waals surface area (Å²) in [7, 11) is 0. The van der Waals surface area contributed by atoms with E-state index >= 15 is 0 Å². The molecule has 0 aromatic heterocycles. The number of nitrogens with one attached hydrogen (secondary N) is 1.